The molecule has 3 saturated heterocycles. The highest BCUT2D eigenvalue weighted by molar-refractivity contribution is 7.52. The number of hydrogen-bond acceptors (Lipinski definition) is 38. The van der Waals surface area contributed by atoms with Gasteiger partial charge in [0, 0.05) is 14.7 Å². The molecule has 3 fully saturated rings. The minimum absolute atomic E-state index is 0.0957. The minimum Gasteiger partial charge on any atom is -0.476 e. The van der Waals surface area contributed by atoms with Crippen LogP contribution in [0.1, 0.15) is 108 Å². The van der Waals surface area contributed by atoms with Crippen LogP contribution in [-0.2, 0) is 70.1 Å². The largest absolute Gasteiger partial charge is 0.476 e. The van der Waals surface area contributed by atoms with Gasteiger partial charge in [0.05, 0.1) is 95.2 Å². The average molecular weight is 1820 g/mol. The first-order valence-corrected chi connectivity index (χ1v) is 43.9. The molecule has 678 valence electrons. The summed E-state index contributed by atoms with van der Waals surface area (Å²) in [5.74, 6) is -0.637. The van der Waals surface area contributed by atoms with E-state index in [0.717, 1.165) is 0 Å². The highest BCUT2D eigenvalue weighted by Crippen LogP contribution is 2.50. The van der Waals surface area contributed by atoms with Crippen molar-refractivity contribution in [2.75, 3.05) is 51.1 Å². The van der Waals surface area contributed by atoms with Gasteiger partial charge in [-0.3, -0.25) is 41.7 Å². The lowest BCUT2D eigenvalue weighted by molar-refractivity contribution is -0.150. The maximum absolute atomic E-state index is 13.8. The number of azide groups is 3. The number of anilines is 2. The van der Waals surface area contributed by atoms with E-state index in [1.165, 1.54) is 53.5 Å². The number of nitrogens with zero attached hydrogens (tertiary/aromatic N) is 21. The van der Waals surface area contributed by atoms with E-state index >= 15 is 0 Å². The second-order valence-corrected chi connectivity index (χ2v) is 33.6. The molecule has 12 rings (SSSR count). The summed E-state index contributed by atoms with van der Waals surface area (Å²) in [7, 11) is -12.8. The predicted molar refractivity (Wildman–Crippen MR) is 445 cm³/mol. The number of esters is 3. The summed E-state index contributed by atoms with van der Waals surface area (Å²) < 4.78 is 130. The molecule has 0 radical (unpaired) electrons. The Morgan fingerprint density at radius 1 is 0.452 bits per heavy atom. The molecule has 3 aliphatic heterocycles. The number of nitrogens with two attached hydrogens (primary N) is 2. The van der Waals surface area contributed by atoms with Crippen molar-refractivity contribution in [3.63, 3.8) is 0 Å². The molecule has 0 spiro atoms. The first-order chi connectivity index (χ1) is 60.1. The van der Waals surface area contributed by atoms with Gasteiger partial charge < -0.3 is 83.0 Å². The molecule has 53 heteroatoms. The number of carbonyl (C=O) groups is 3. The zero-order valence-corrected chi connectivity index (χ0v) is 73.0. The number of nitrogens with one attached hydrogen (secondary N) is 3. The third-order valence-corrected chi connectivity index (χ3v) is 22.8. The number of para-hydroxylation sites is 3. The van der Waals surface area contributed by atoms with Crippen LogP contribution in [0.3, 0.4) is 0 Å². The quantitative estimate of drug-likeness (QED) is 0.00444. The van der Waals surface area contributed by atoms with Gasteiger partial charge in [0.2, 0.25) is 29.5 Å². The van der Waals surface area contributed by atoms with Gasteiger partial charge in [-0.1, -0.05) is 69.9 Å². The highest BCUT2D eigenvalue weighted by atomic mass is 31.2. The fourth-order valence-corrected chi connectivity index (χ4v) is 16.9. The third-order valence-electron chi connectivity index (χ3n) is 17.9. The van der Waals surface area contributed by atoms with Gasteiger partial charge in [0.25, 0.3) is 0 Å². The Hall–Kier alpha value is -11.7. The number of hydrogen-bond donors (Lipinski definition) is 8. The molecular weight excluding hydrogens is 1720 g/mol. The number of fused-ring (bicyclic) bond motifs is 3. The Morgan fingerprint density at radius 3 is 0.984 bits per heavy atom. The molecule has 50 nitrogen and oxygen atoms in total. The first-order valence-electron chi connectivity index (χ1n) is 39.3. The number of nitrogen functional groups attached to an aromatic ring is 2. The van der Waals surface area contributed by atoms with Crippen molar-refractivity contribution in [3.05, 3.63) is 147 Å². The van der Waals surface area contributed by atoms with Gasteiger partial charge in [-0.25, -0.2) is 33.6 Å². The van der Waals surface area contributed by atoms with Crippen LogP contribution in [0.15, 0.2) is 125 Å². The van der Waals surface area contributed by atoms with E-state index in [2.05, 4.69) is 90.2 Å². The molecule has 0 aliphatic carbocycles. The van der Waals surface area contributed by atoms with E-state index in [1.54, 1.807) is 153 Å². The molecule has 0 amide bonds. The number of aryl methyl sites for hydroxylation is 1. The molecule has 18 atom stereocenters. The summed E-state index contributed by atoms with van der Waals surface area (Å²) in [5, 5.41) is 52.1. The van der Waals surface area contributed by atoms with Crippen LogP contribution in [0, 0.1) is 6.92 Å². The van der Waals surface area contributed by atoms with Crippen LogP contribution >= 0.6 is 23.2 Å². The van der Waals surface area contributed by atoms with Crippen LogP contribution in [0.5, 0.6) is 34.9 Å². The lowest BCUT2D eigenvalue weighted by atomic mass is 10.1. The summed E-state index contributed by atoms with van der Waals surface area (Å²) >= 11 is 0. The SMILES string of the molecule is CCOc1nc(C)nc2c1ncn2[C@@H]1O[C@H](CO[P@@](=O)(N[C@@H](C)C(=O)OC(C)C)Oc2ccccc2)[C@@H](O)[C@H]1N=[N+]=[N-].CCOc1nc(N)nc2c1ncn2[C@@H]1O[C@H](COP(=O)(N[C@@H](C)C(=O)OC(C)C)Oc2ccccc2)[C@@H](O)[C@H]1N=[N+]=[N-].CCOc1nc(N)nc2c1ncn2[C@@H]1O[C@H](CO[P@](=O)(N[C@@H](C)C(=O)OC(C)C)Oc2ccccc2)[C@@H](O)[C@H]1N=[N+]=[N-]. The maximum Gasteiger partial charge on any atom is 0.459 e. The van der Waals surface area contributed by atoms with Crippen molar-refractivity contribution < 1.29 is 113 Å². The standard InChI is InChI=1S/C25H33N8O8P.2C24H32N9O8P/c1-6-37-23-20-22(28-16(5)29-23)33(13-27-20)24-19(30-32-26)21(34)18(40-24)12-38-42(36,41-17-10-8-7-9-11-17)31-15(4)25(35)39-14(2)3;2*1-5-37-21-18-20(28-24(25)29-21)33(12-27-18)22-17(30-32-26)19(34)16(40-22)11-38-42(36,41-15-9-7-6-8-10-15)31-14(4)23(35)39-13(2)3/h7-11,13-15,18-19,21,24,34H,6,12H2,1-5H3,(H,31,36);2*6-10,12-14,16-17,19,22,34H,5,11H2,1-4H3,(H,31,36)(H2,25,28,29)/t15-,18+,19+,21+,24+,42-;14-,16+,17+,19+,22+,42?;14-,16+,17+,19+,22+,42+/m000/s1. The number of imidazole rings is 3. The number of aliphatic hydroxyl groups excluding tert-OH is 3. The maximum atomic E-state index is 13.8. The first kappa shape index (κ1) is 96.5. The summed E-state index contributed by atoms with van der Waals surface area (Å²) in [5.41, 5.74) is 41.0. The van der Waals surface area contributed by atoms with Crippen LogP contribution in [0.25, 0.3) is 64.8 Å². The van der Waals surface area contributed by atoms with Crippen LogP contribution < -0.4 is 54.5 Å². The molecule has 3 aromatic carbocycles. The number of carbonyl (C=O) groups excluding carboxylic acids is 3. The van der Waals surface area contributed by atoms with Gasteiger partial charge in [-0.15, -0.1) is 0 Å². The van der Waals surface area contributed by atoms with E-state index < -0.39 is 171 Å². The number of rotatable bonds is 39. The van der Waals surface area contributed by atoms with Crippen molar-refractivity contribution in [2.24, 2.45) is 15.3 Å². The van der Waals surface area contributed by atoms with Gasteiger partial charge in [-0.05, 0) is 143 Å². The molecule has 126 heavy (non-hydrogen) atoms. The van der Waals surface area contributed by atoms with Gasteiger partial charge in [0.15, 0.2) is 33.5 Å². The second kappa shape index (κ2) is 43.9. The summed E-state index contributed by atoms with van der Waals surface area (Å²) in [6, 6.07) is 17.9. The number of ether oxygens (including phenoxy) is 9. The molecule has 9 heterocycles. The van der Waals surface area contributed by atoms with E-state index in [9.17, 15) is 60.0 Å². The summed E-state index contributed by atoms with van der Waals surface area (Å²) in [6.07, 6.45) is -8.04. The van der Waals surface area contributed by atoms with Crippen LogP contribution in [0.2, 0.25) is 0 Å². The Kier molecular flexibility index (Phi) is 33.6. The molecule has 0 saturated carbocycles. The third kappa shape index (κ3) is 24.7. The average Bonchev–Trinajstić information content (AvgIpc) is 1.62. The van der Waals surface area contributed by atoms with Crippen molar-refractivity contribution in [1.29, 1.82) is 0 Å². The number of aromatic nitrogens is 12. The Bertz CT molecular complexity index is 4980. The van der Waals surface area contributed by atoms with Gasteiger partial charge in [0.1, 0.15) is 96.3 Å². The van der Waals surface area contributed by atoms with Crippen LogP contribution in [0.4, 0.5) is 11.9 Å². The molecule has 1 unspecified atom stereocenters. The van der Waals surface area contributed by atoms with E-state index in [1.807, 2.05) is 6.92 Å². The fraction of sp³-hybridized carbons (Fsp3) is 0.507. The van der Waals surface area contributed by atoms with Gasteiger partial charge >= 0.3 is 41.1 Å². The molecule has 3 aliphatic rings. The van der Waals surface area contributed by atoms with Crippen molar-refractivity contribution >= 4 is 86.5 Å². The van der Waals surface area contributed by atoms with E-state index in [0.29, 0.717) is 36.8 Å². The summed E-state index contributed by atoms with van der Waals surface area (Å²) in [6.45, 7) is 20.9. The van der Waals surface area contributed by atoms with E-state index in [4.69, 9.17) is 81.2 Å². The fourth-order valence-electron chi connectivity index (χ4n) is 12.4. The van der Waals surface area contributed by atoms with Crippen molar-refractivity contribution in [3.8, 4) is 34.9 Å². The predicted octanol–water partition coefficient (Wildman–Crippen LogP) is 9.36. The summed E-state index contributed by atoms with van der Waals surface area (Å²) in [4.78, 5) is 83.9. The molecule has 9 aromatic rings. The molecular formula is C73H97N26O24P3. The van der Waals surface area contributed by atoms with E-state index in [-0.39, 0.29) is 69.1 Å². The molecule has 6 aromatic heterocycles. The smallest absolute Gasteiger partial charge is 0.459 e. The van der Waals surface area contributed by atoms with Crippen LogP contribution in [-0.4, -0.2) is 223 Å². The van der Waals surface area contributed by atoms with Crippen molar-refractivity contribution in [1.82, 2.24) is 73.8 Å². The lowest BCUT2D eigenvalue weighted by Gasteiger charge is -2.25. The topological polar surface area (TPSA) is 667 Å². The molecule has 0 bridgehead atoms. The Balaban J connectivity index is 0.000000197. The zero-order chi connectivity index (χ0) is 91.3. The Morgan fingerprint density at radius 2 is 0.722 bits per heavy atom. The highest BCUT2D eigenvalue weighted by Gasteiger charge is 2.51. The number of benzene rings is 3. The molecule has 10 N–H and O–H groups in total. The second-order valence-electron chi connectivity index (χ2n) is 28.5. The normalized spacial score (nSPS) is 22.3. The van der Waals surface area contributed by atoms with Gasteiger partial charge in [-0.2, -0.15) is 40.2 Å². The monoisotopic (exact) mass is 1810 g/mol. The number of aliphatic hydroxyl groups is 3. The lowest BCUT2D eigenvalue weighted by Crippen LogP contribution is -2.37. The Labute approximate surface area is 718 Å². The minimum atomic E-state index is -4.27. The zero-order valence-electron chi connectivity index (χ0n) is 70.3. The van der Waals surface area contributed by atoms with Crippen molar-refractivity contribution in [2.45, 2.75) is 200 Å².